The van der Waals surface area contributed by atoms with Gasteiger partial charge in [0, 0.05) is 42.1 Å². The summed E-state index contributed by atoms with van der Waals surface area (Å²) in [6, 6.07) is 10.6. The van der Waals surface area contributed by atoms with E-state index < -0.39 is 0 Å². The van der Waals surface area contributed by atoms with Crippen LogP contribution in [0, 0.1) is 6.92 Å². The van der Waals surface area contributed by atoms with Crippen LogP contribution < -0.4 is 5.32 Å². The lowest BCUT2D eigenvalue weighted by Gasteiger charge is -2.24. The Morgan fingerprint density at radius 1 is 1.26 bits per heavy atom. The summed E-state index contributed by atoms with van der Waals surface area (Å²) in [4.78, 5) is 6.80. The molecule has 120 valence electrons. The van der Waals surface area contributed by atoms with Gasteiger partial charge in [0.1, 0.15) is 0 Å². The molecule has 5 heteroatoms. The van der Waals surface area contributed by atoms with Crippen LogP contribution in [0.5, 0.6) is 0 Å². The van der Waals surface area contributed by atoms with Crippen LogP contribution in [0.25, 0.3) is 10.9 Å². The molecular weight excluding hydrogens is 286 g/mol. The highest BCUT2D eigenvalue weighted by molar-refractivity contribution is 5.91. The lowest BCUT2D eigenvalue weighted by molar-refractivity contribution is 0.312. The molecule has 0 radical (unpaired) electrons. The molecule has 0 saturated carbocycles. The Kier molecular flexibility index (Phi) is 4.30. The molecule has 3 aromatic rings. The fourth-order valence-electron chi connectivity index (χ4n) is 2.87. The number of aromatic nitrogens is 3. The summed E-state index contributed by atoms with van der Waals surface area (Å²) in [5.74, 6) is 0. The van der Waals surface area contributed by atoms with Gasteiger partial charge in [-0.1, -0.05) is 18.2 Å². The number of aryl methyl sites for hydroxylation is 2. The van der Waals surface area contributed by atoms with Crippen LogP contribution in [-0.2, 0) is 7.05 Å². The second-order valence-corrected chi connectivity index (χ2v) is 6.14. The number of pyridine rings is 1. The van der Waals surface area contributed by atoms with E-state index in [2.05, 4.69) is 64.9 Å². The molecule has 0 amide bonds. The lowest BCUT2D eigenvalue weighted by atomic mass is 10.1. The predicted octanol–water partition coefficient (Wildman–Crippen LogP) is 2.99. The van der Waals surface area contributed by atoms with Gasteiger partial charge in [-0.05, 0) is 33.2 Å². The molecule has 0 fully saturated rings. The number of nitrogens with one attached hydrogen (secondary N) is 1. The molecule has 2 aromatic heterocycles. The summed E-state index contributed by atoms with van der Waals surface area (Å²) in [6.07, 6.45) is 4.00. The Balaban J connectivity index is 1.86. The average Bonchev–Trinajstić information content (AvgIpc) is 2.93. The van der Waals surface area contributed by atoms with Crippen molar-refractivity contribution in [2.24, 2.45) is 7.05 Å². The molecule has 0 aliphatic heterocycles. The van der Waals surface area contributed by atoms with Gasteiger partial charge in [-0.15, -0.1) is 0 Å². The smallest absolute Gasteiger partial charge is 0.0725 e. The van der Waals surface area contributed by atoms with Gasteiger partial charge in [-0.3, -0.25) is 9.67 Å². The molecule has 0 aliphatic carbocycles. The zero-order chi connectivity index (χ0) is 16.4. The van der Waals surface area contributed by atoms with Crippen molar-refractivity contribution in [1.82, 2.24) is 19.7 Å². The van der Waals surface area contributed by atoms with E-state index >= 15 is 0 Å². The highest BCUT2D eigenvalue weighted by Gasteiger charge is 2.16. The van der Waals surface area contributed by atoms with Gasteiger partial charge < -0.3 is 10.2 Å². The van der Waals surface area contributed by atoms with Crippen molar-refractivity contribution < 1.29 is 0 Å². The van der Waals surface area contributed by atoms with Crippen molar-refractivity contribution >= 4 is 16.6 Å². The molecule has 5 nitrogen and oxygen atoms in total. The summed E-state index contributed by atoms with van der Waals surface area (Å²) < 4.78 is 1.85. The van der Waals surface area contributed by atoms with E-state index in [9.17, 15) is 0 Å². The normalized spacial score (nSPS) is 12.7. The first kappa shape index (κ1) is 15.5. The molecule has 0 spiro atoms. The molecule has 3 rings (SSSR count). The average molecular weight is 309 g/mol. The van der Waals surface area contributed by atoms with Gasteiger partial charge in [0.25, 0.3) is 0 Å². The molecule has 1 N–H and O–H groups in total. The molecule has 0 aliphatic rings. The van der Waals surface area contributed by atoms with Crippen LogP contribution in [-0.4, -0.2) is 40.3 Å². The third-order valence-corrected chi connectivity index (χ3v) is 4.06. The van der Waals surface area contributed by atoms with E-state index in [1.54, 1.807) is 0 Å². The van der Waals surface area contributed by atoms with Crippen LogP contribution >= 0.6 is 0 Å². The summed E-state index contributed by atoms with van der Waals surface area (Å²) in [5, 5.41) is 9.04. The first-order valence-corrected chi connectivity index (χ1v) is 7.80. The topological polar surface area (TPSA) is 46.0 Å². The Morgan fingerprint density at radius 2 is 2.04 bits per heavy atom. The highest BCUT2D eigenvalue weighted by atomic mass is 15.2. The van der Waals surface area contributed by atoms with Crippen molar-refractivity contribution in [2.45, 2.75) is 13.0 Å². The highest BCUT2D eigenvalue weighted by Crippen LogP contribution is 2.25. The standard InChI is InChI=1S/C18H23N5/c1-13-9-17(15-7-5-6-8-16(15)21-13)19-11-18(22(2)3)14-10-20-23(4)12-14/h5-10,12,18H,11H2,1-4H3,(H,19,21). The first-order chi connectivity index (χ1) is 11.0. The Hall–Kier alpha value is -2.40. The van der Waals surface area contributed by atoms with Gasteiger partial charge >= 0.3 is 0 Å². The summed E-state index contributed by atoms with van der Waals surface area (Å²) in [6.45, 7) is 2.84. The number of fused-ring (bicyclic) bond motifs is 1. The molecule has 1 atom stereocenters. The third kappa shape index (κ3) is 3.35. The van der Waals surface area contributed by atoms with E-state index in [4.69, 9.17) is 0 Å². The number of anilines is 1. The van der Waals surface area contributed by atoms with Crippen LogP contribution in [0.2, 0.25) is 0 Å². The minimum Gasteiger partial charge on any atom is -0.383 e. The molecule has 1 unspecified atom stereocenters. The predicted molar refractivity (Wildman–Crippen MR) is 94.6 cm³/mol. The van der Waals surface area contributed by atoms with E-state index in [1.807, 2.05) is 30.9 Å². The summed E-state index contributed by atoms with van der Waals surface area (Å²) in [7, 11) is 6.13. The second-order valence-electron chi connectivity index (χ2n) is 6.14. The largest absolute Gasteiger partial charge is 0.383 e. The SMILES string of the molecule is Cc1cc(NCC(c2cnn(C)c2)N(C)C)c2ccccc2n1. The molecular formula is C18H23N5. The quantitative estimate of drug-likeness (QED) is 0.787. The zero-order valence-electron chi connectivity index (χ0n) is 14.1. The summed E-state index contributed by atoms with van der Waals surface area (Å²) in [5.41, 5.74) is 4.38. The number of hydrogen-bond acceptors (Lipinski definition) is 4. The van der Waals surface area contributed by atoms with Crippen molar-refractivity contribution in [3.63, 3.8) is 0 Å². The van der Waals surface area contributed by atoms with E-state index in [1.165, 1.54) is 5.56 Å². The maximum atomic E-state index is 4.60. The zero-order valence-corrected chi connectivity index (χ0v) is 14.1. The van der Waals surface area contributed by atoms with Crippen LogP contribution in [0.4, 0.5) is 5.69 Å². The van der Waals surface area contributed by atoms with Crippen LogP contribution in [0.1, 0.15) is 17.3 Å². The Morgan fingerprint density at radius 3 is 2.74 bits per heavy atom. The van der Waals surface area contributed by atoms with Gasteiger partial charge in [0.15, 0.2) is 0 Å². The monoisotopic (exact) mass is 309 g/mol. The second kappa shape index (κ2) is 6.38. The minimum absolute atomic E-state index is 0.260. The maximum Gasteiger partial charge on any atom is 0.0725 e. The number of para-hydroxylation sites is 1. The Bertz CT molecular complexity index is 806. The first-order valence-electron chi connectivity index (χ1n) is 7.80. The van der Waals surface area contributed by atoms with E-state index in [0.29, 0.717) is 0 Å². The van der Waals surface area contributed by atoms with Crippen LogP contribution in [0.15, 0.2) is 42.7 Å². The minimum atomic E-state index is 0.260. The fraction of sp³-hybridized carbons (Fsp3) is 0.333. The number of likely N-dealkylation sites (N-methyl/N-ethyl adjacent to an activating group) is 1. The summed E-state index contributed by atoms with van der Waals surface area (Å²) >= 11 is 0. The Labute approximate surface area is 136 Å². The maximum absolute atomic E-state index is 4.60. The van der Waals surface area contributed by atoms with E-state index in [-0.39, 0.29) is 6.04 Å². The van der Waals surface area contributed by atoms with Crippen molar-refractivity contribution in [1.29, 1.82) is 0 Å². The molecule has 0 saturated heterocycles. The molecule has 2 heterocycles. The van der Waals surface area contributed by atoms with Crippen molar-refractivity contribution in [3.8, 4) is 0 Å². The number of rotatable bonds is 5. The van der Waals surface area contributed by atoms with Gasteiger partial charge in [-0.25, -0.2) is 0 Å². The lowest BCUT2D eigenvalue weighted by Crippen LogP contribution is -2.26. The number of hydrogen-bond donors (Lipinski definition) is 1. The number of benzene rings is 1. The van der Waals surface area contributed by atoms with Gasteiger partial charge in [0.05, 0.1) is 17.8 Å². The van der Waals surface area contributed by atoms with E-state index in [0.717, 1.165) is 28.8 Å². The van der Waals surface area contributed by atoms with Gasteiger partial charge in [0.2, 0.25) is 0 Å². The van der Waals surface area contributed by atoms with Crippen molar-refractivity contribution in [2.75, 3.05) is 26.0 Å². The third-order valence-electron chi connectivity index (χ3n) is 4.06. The van der Waals surface area contributed by atoms with Crippen molar-refractivity contribution in [3.05, 3.63) is 54.0 Å². The molecule has 23 heavy (non-hydrogen) atoms. The van der Waals surface area contributed by atoms with Crippen LogP contribution in [0.3, 0.4) is 0 Å². The number of nitrogens with zero attached hydrogens (tertiary/aromatic N) is 4. The molecule has 1 aromatic carbocycles. The fourth-order valence-corrected chi connectivity index (χ4v) is 2.87. The molecule has 0 bridgehead atoms. The van der Waals surface area contributed by atoms with Gasteiger partial charge in [-0.2, -0.15) is 5.10 Å².